The second-order valence-corrected chi connectivity index (χ2v) is 6.44. The van der Waals surface area contributed by atoms with Gasteiger partial charge in [0.1, 0.15) is 0 Å². The number of carbonyl (C=O) groups excluding carboxylic acids is 1. The van der Waals surface area contributed by atoms with E-state index in [1.165, 1.54) is 32.1 Å². The predicted molar refractivity (Wildman–Crippen MR) is 84.6 cm³/mol. The van der Waals surface area contributed by atoms with E-state index in [9.17, 15) is 4.79 Å². The number of nitrogens with one attached hydrogen (secondary N) is 1. The Morgan fingerprint density at radius 3 is 2.60 bits per heavy atom. The fourth-order valence-corrected chi connectivity index (χ4v) is 2.87. The Labute approximate surface area is 124 Å². The van der Waals surface area contributed by atoms with Crippen LogP contribution in [0, 0.1) is 5.92 Å². The van der Waals surface area contributed by atoms with Gasteiger partial charge in [0, 0.05) is 19.1 Å². The SMILES string of the molecule is CC(C)CCNC(=O)CN(CCCN)C1CCCCC1. The molecule has 0 heterocycles. The third-order valence-corrected chi connectivity index (χ3v) is 4.13. The van der Waals surface area contributed by atoms with E-state index < -0.39 is 0 Å². The zero-order valence-corrected chi connectivity index (χ0v) is 13.4. The summed E-state index contributed by atoms with van der Waals surface area (Å²) in [5.41, 5.74) is 5.62. The highest BCUT2D eigenvalue weighted by atomic mass is 16.2. The van der Waals surface area contributed by atoms with E-state index in [2.05, 4.69) is 24.1 Å². The number of amides is 1. The maximum Gasteiger partial charge on any atom is 0.234 e. The Kier molecular flexibility index (Phi) is 8.86. The van der Waals surface area contributed by atoms with Crippen molar-refractivity contribution in [3.8, 4) is 0 Å². The molecular formula is C16H33N3O. The van der Waals surface area contributed by atoms with Gasteiger partial charge in [-0.2, -0.15) is 0 Å². The van der Waals surface area contributed by atoms with Crippen molar-refractivity contribution in [3.05, 3.63) is 0 Å². The molecule has 0 unspecified atom stereocenters. The van der Waals surface area contributed by atoms with Crippen molar-refractivity contribution in [3.63, 3.8) is 0 Å². The molecule has 1 amide bonds. The monoisotopic (exact) mass is 283 g/mol. The second kappa shape index (κ2) is 10.2. The van der Waals surface area contributed by atoms with Crippen molar-refractivity contribution in [2.45, 2.75) is 64.8 Å². The normalized spacial score (nSPS) is 16.9. The van der Waals surface area contributed by atoms with Gasteiger partial charge in [-0.05, 0) is 38.1 Å². The first-order valence-corrected chi connectivity index (χ1v) is 8.34. The lowest BCUT2D eigenvalue weighted by atomic mass is 9.94. The molecule has 0 aliphatic heterocycles. The van der Waals surface area contributed by atoms with Crippen molar-refractivity contribution in [2.75, 3.05) is 26.2 Å². The number of hydrogen-bond donors (Lipinski definition) is 2. The van der Waals surface area contributed by atoms with Crippen LogP contribution >= 0.6 is 0 Å². The average molecular weight is 283 g/mol. The molecule has 0 aromatic carbocycles. The Morgan fingerprint density at radius 1 is 1.30 bits per heavy atom. The molecule has 0 atom stereocenters. The molecule has 3 N–H and O–H groups in total. The topological polar surface area (TPSA) is 58.4 Å². The van der Waals surface area contributed by atoms with Gasteiger partial charge in [-0.15, -0.1) is 0 Å². The molecule has 4 nitrogen and oxygen atoms in total. The lowest BCUT2D eigenvalue weighted by Crippen LogP contribution is -2.44. The van der Waals surface area contributed by atoms with Crippen LogP contribution in [0.1, 0.15) is 58.8 Å². The summed E-state index contributed by atoms with van der Waals surface area (Å²) in [7, 11) is 0. The van der Waals surface area contributed by atoms with Crippen LogP contribution in [-0.2, 0) is 4.79 Å². The summed E-state index contributed by atoms with van der Waals surface area (Å²) in [5, 5.41) is 3.05. The van der Waals surface area contributed by atoms with Crippen LogP contribution in [0.5, 0.6) is 0 Å². The van der Waals surface area contributed by atoms with Gasteiger partial charge in [-0.1, -0.05) is 33.1 Å². The van der Waals surface area contributed by atoms with Crippen molar-refractivity contribution in [2.24, 2.45) is 11.7 Å². The van der Waals surface area contributed by atoms with Gasteiger partial charge in [0.2, 0.25) is 5.91 Å². The van der Waals surface area contributed by atoms with Crippen molar-refractivity contribution >= 4 is 5.91 Å². The van der Waals surface area contributed by atoms with Crippen LogP contribution in [-0.4, -0.2) is 43.0 Å². The van der Waals surface area contributed by atoms with E-state index in [1.54, 1.807) is 0 Å². The minimum absolute atomic E-state index is 0.174. The highest BCUT2D eigenvalue weighted by Gasteiger charge is 2.22. The summed E-state index contributed by atoms with van der Waals surface area (Å²) in [4.78, 5) is 14.4. The third kappa shape index (κ3) is 7.25. The molecule has 1 fully saturated rings. The first-order chi connectivity index (χ1) is 9.63. The predicted octanol–water partition coefficient (Wildman–Crippen LogP) is 2.13. The Hall–Kier alpha value is -0.610. The molecule has 0 radical (unpaired) electrons. The summed E-state index contributed by atoms with van der Waals surface area (Å²) < 4.78 is 0. The van der Waals surface area contributed by atoms with Crippen molar-refractivity contribution < 1.29 is 4.79 Å². The van der Waals surface area contributed by atoms with Gasteiger partial charge in [0.15, 0.2) is 0 Å². The molecule has 1 aliphatic carbocycles. The first-order valence-electron chi connectivity index (χ1n) is 8.34. The number of nitrogens with two attached hydrogens (primary N) is 1. The van der Waals surface area contributed by atoms with E-state index in [4.69, 9.17) is 5.73 Å². The summed E-state index contributed by atoms with van der Waals surface area (Å²) in [6, 6.07) is 0.589. The molecule has 4 heteroatoms. The Bertz CT molecular complexity index is 262. The molecule has 0 aromatic heterocycles. The largest absolute Gasteiger partial charge is 0.355 e. The molecule has 1 saturated carbocycles. The van der Waals surface area contributed by atoms with Crippen molar-refractivity contribution in [1.82, 2.24) is 10.2 Å². The third-order valence-electron chi connectivity index (χ3n) is 4.13. The van der Waals surface area contributed by atoms with E-state index in [1.807, 2.05) is 0 Å². The van der Waals surface area contributed by atoms with Crippen LogP contribution in [0.4, 0.5) is 0 Å². The molecule has 1 aliphatic rings. The molecule has 20 heavy (non-hydrogen) atoms. The summed E-state index contributed by atoms with van der Waals surface area (Å²) >= 11 is 0. The van der Waals surface area contributed by atoms with E-state index in [0.29, 0.717) is 25.0 Å². The minimum atomic E-state index is 0.174. The zero-order valence-electron chi connectivity index (χ0n) is 13.4. The fraction of sp³-hybridized carbons (Fsp3) is 0.938. The van der Waals surface area contributed by atoms with Gasteiger partial charge in [-0.3, -0.25) is 9.69 Å². The maximum atomic E-state index is 12.1. The minimum Gasteiger partial charge on any atom is -0.355 e. The Balaban J connectivity index is 2.36. The smallest absolute Gasteiger partial charge is 0.234 e. The lowest BCUT2D eigenvalue weighted by Gasteiger charge is -2.33. The van der Waals surface area contributed by atoms with E-state index in [0.717, 1.165) is 25.9 Å². The Morgan fingerprint density at radius 2 is 2.00 bits per heavy atom. The summed E-state index contributed by atoms with van der Waals surface area (Å²) in [5.74, 6) is 0.815. The average Bonchev–Trinajstić information content (AvgIpc) is 2.44. The van der Waals surface area contributed by atoms with Crippen LogP contribution in [0.2, 0.25) is 0 Å². The van der Waals surface area contributed by atoms with Gasteiger partial charge in [0.05, 0.1) is 6.54 Å². The maximum absolute atomic E-state index is 12.1. The van der Waals surface area contributed by atoms with Gasteiger partial charge >= 0.3 is 0 Å². The lowest BCUT2D eigenvalue weighted by molar-refractivity contribution is -0.123. The van der Waals surface area contributed by atoms with E-state index in [-0.39, 0.29) is 5.91 Å². The van der Waals surface area contributed by atoms with Crippen LogP contribution in [0.3, 0.4) is 0 Å². The number of hydrogen-bond acceptors (Lipinski definition) is 3. The molecular weight excluding hydrogens is 250 g/mol. The van der Waals surface area contributed by atoms with Gasteiger partial charge < -0.3 is 11.1 Å². The van der Waals surface area contributed by atoms with Crippen LogP contribution in [0.25, 0.3) is 0 Å². The fourth-order valence-electron chi connectivity index (χ4n) is 2.87. The molecule has 0 aromatic rings. The highest BCUT2D eigenvalue weighted by Crippen LogP contribution is 2.22. The first kappa shape index (κ1) is 17.4. The molecule has 118 valence electrons. The standard InChI is InChI=1S/C16H33N3O/c1-14(2)9-11-18-16(20)13-19(12-6-10-17)15-7-4-3-5-8-15/h14-15H,3-13,17H2,1-2H3,(H,18,20). The van der Waals surface area contributed by atoms with Crippen LogP contribution in [0.15, 0.2) is 0 Å². The summed E-state index contributed by atoms with van der Waals surface area (Å²) in [6.45, 7) is 7.37. The molecule has 0 spiro atoms. The quantitative estimate of drug-likeness (QED) is 0.681. The number of rotatable bonds is 9. The highest BCUT2D eigenvalue weighted by molar-refractivity contribution is 5.78. The van der Waals surface area contributed by atoms with Gasteiger partial charge in [-0.25, -0.2) is 0 Å². The number of carbonyl (C=O) groups is 1. The molecule has 0 bridgehead atoms. The zero-order chi connectivity index (χ0) is 14.8. The summed E-state index contributed by atoms with van der Waals surface area (Å²) in [6.07, 6.45) is 8.47. The van der Waals surface area contributed by atoms with Crippen LogP contribution < -0.4 is 11.1 Å². The van der Waals surface area contributed by atoms with Gasteiger partial charge in [0.25, 0.3) is 0 Å². The number of nitrogens with zero attached hydrogens (tertiary/aromatic N) is 1. The molecule has 0 saturated heterocycles. The van der Waals surface area contributed by atoms with Crippen molar-refractivity contribution in [1.29, 1.82) is 0 Å². The van der Waals surface area contributed by atoms with E-state index >= 15 is 0 Å². The molecule has 1 rings (SSSR count). The second-order valence-electron chi connectivity index (χ2n) is 6.44.